The number of hydrogen-bond acceptors (Lipinski definition) is 5. The van der Waals surface area contributed by atoms with E-state index >= 15 is 0 Å². The summed E-state index contributed by atoms with van der Waals surface area (Å²) in [6, 6.07) is 18.7. The minimum atomic E-state index is -3.81. The molecule has 0 bridgehead atoms. The highest BCUT2D eigenvalue weighted by Gasteiger charge is 2.23. The van der Waals surface area contributed by atoms with Crippen LogP contribution in [0.3, 0.4) is 0 Å². The molecule has 0 atom stereocenters. The Morgan fingerprint density at radius 2 is 1.59 bits per heavy atom. The molecule has 0 fully saturated rings. The molecule has 0 radical (unpaired) electrons. The van der Waals surface area contributed by atoms with Crippen LogP contribution < -0.4 is 14.8 Å². The minimum absolute atomic E-state index is 0.0496. The third-order valence-corrected chi connectivity index (χ3v) is 6.80. The average molecular weight is 455 g/mol. The molecule has 168 valence electrons. The first-order valence-corrected chi connectivity index (χ1v) is 11.3. The van der Waals surface area contributed by atoms with Crippen LogP contribution in [-0.4, -0.2) is 39.9 Å². The summed E-state index contributed by atoms with van der Waals surface area (Å²) in [4.78, 5) is 12.7. The predicted molar refractivity (Wildman–Crippen MR) is 124 cm³/mol. The minimum Gasteiger partial charge on any atom is -0.497 e. The van der Waals surface area contributed by atoms with Crippen molar-refractivity contribution in [2.75, 3.05) is 26.6 Å². The highest BCUT2D eigenvalue weighted by atomic mass is 32.2. The maximum Gasteiger partial charge on any atom is 0.255 e. The third kappa shape index (κ3) is 5.27. The van der Waals surface area contributed by atoms with Crippen LogP contribution in [0.4, 0.5) is 5.69 Å². The molecule has 1 amide bonds. The number of carbonyl (C=O) groups excluding carboxylic acids is 1. The number of methoxy groups -OCH3 is 2. The summed E-state index contributed by atoms with van der Waals surface area (Å²) in [5, 5.41) is 2.75. The summed E-state index contributed by atoms with van der Waals surface area (Å²) in [7, 11) is 0.730. The number of aryl methyl sites for hydroxylation is 1. The molecule has 0 unspecified atom stereocenters. The molecule has 3 rings (SSSR count). The van der Waals surface area contributed by atoms with Gasteiger partial charge in [-0.2, -0.15) is 4.31 Å². The Bertz CT molecular complexity index is 1190. The summed E-state index contributed by atoms with van der Waals surface area (Å²) >= 11 is 0. The average Bonchev–Trinajstić information content (AvgIpc) is 2.79. The zero-order valence-electron chi connectivity index (χ0n) is 18.5. The Kier molecular flexibility index (Phi) is 7.17. The monoisotopic (exact) mass is 454 g/mol. The Labute approximate surface area is 188 Å². The van der Waals surface area contributed by atoms with Crippen molar-refractivity contribution in [3.05, 3.63) is 83.4 Å². The molecule has 0 aliphatic rings. The molecule has 0 aliphatic heterocycles. The van der Waals surface area contributed by atoms with Gasteiger partial charge in [0.05, 0.1) is 24.8 Å². The lowest BCUT2D eigenvalue weighted by Crippen LogP contribution is -2.26. The second-order valence-corrected chi connectivity index (χ2v) is 9.34. The number of amides is 1. The lowest BCUT2D eigenvalue weighted by molar-refractivity contribution is 0.102. The van der Waals surface area contributed by atoms with E-state index < -0.39 is 10.0 Å². The number of nitrogens with one attached hydrogen (secondary N) is 1. The van der Waals surface area contributed by atoms with Gasteiger partial charge in [0, 0.05) is 19.2 Å². The molecule has 7 nitrogen and oxygen atoms in total. The van der Waals surface area contributed by atoms with Crippen LogP contribution in [0, 0.1) is 6.92 Å². The van der Waals surface area contributed by atoms with Crippen molar-refractivity contribution in [2.45, 2.75) is 18.4 Å². The van der Waals surface area contributed by atoms with Crippen molar-refractivity contribution >= 4 is 21.6 Å². The van der Waals surface area contributed by atoms with Gasteiger partial charge in [-0.3, -0.25) is 4.79 Å². The molecule has 0 aromatic heterocycles. The summed E-state index contributed by atoms with van der Waals surface area (Å²) in [6.07, 6.45) is 0. The number of carbonyl (C=O) groups is 1. The van der Waals surface area contributed by atoms with Gasteiger partial charge in [0.1, 0.15) is 11.5 Å². The van der Waals surface area contributed by atoms with Crippen LogP contribution in [-0.2, 0) is 16.6 Å². The van der Waals surface area contributed by atoms with E-state index in [1.165, 1.54) is 36.7 Å². The van der Waals surface area contributed by atoms with E-state index in [9.17, 15) is 13.2 Å². The number of anilines is 1. The second kappa shape index (κ2) is 9.84. The first-order valence-electron chi connectivity index (χ1n) is 9.90. The highest BCUT2D eigenvalue weighted by molar-refractivity contribution is 7.89. The lowest BCUT2D eigenvalue weighted by Gasteiger charge is -2.19. The van der Waals surface area contributed by atoms with Gasteiger partial charge < -0.3 is 14.8 Å². The van der Waals surface area contributed by atoms with Gasteiger partial charge in [0.15, 0.2) is 0 Å². The Morgan fingerprint density at radius 3 is 2.19 bits per heavy atom. The summed E-state index contributed by atoms with van der Waals surface area (Å²) < 4.78 is 38.0. The van der Waals surface area contributed by atoms with E-state index in [2.05, 4.69) is 5.32 Å². The molecule has 8 heteroatoms. The number of benzene rings is 3. The number of sulfonamides is 1. The maximum atomic E-state index is 13.2. The van der Waals surface area contributed by atoms with Gasteiger partial charge in [-0.05, 0) is 55.0 Å². The Hall–Kier alpha value is -3.36. The van der Waals surface area contributed by atoms with Gasteiger partial charge in [-0.25, -0.2) is 8.42 Å². The van der Waals surface area contributed by atoms with Gasteiger partial charge in [0.25, 0.3) is 5.91 Å². The molecule has 0 saturated carbocycles. The molecular weight excluding hydrogens is 428 g/mol. The van der Waals surface area contributed by atoms with E-state index in [1.54, 1.807) is 31.4 Å². The van der Waals surface area contributed by atoms with E-state index in [-0.39, 0.29) is 23.0 Å². The summed E-state index contributed by atoms with van der Waals surface area (Å²) in [5.74, 6) is 0.704. The van der Waals surface area contributed by atoms with Crippen LogP contribution in [0.1, 0.15) is 21.5 Å². The van der Waals surface area contributed by atoms with Crippen LogP contribution >= 0.6 is 0 Å². The normalized spacial score (nSPS) is 11.3. The fraction of sp³-hybridized carbons (Fsp3) is 0.208. The molecule has 0 aliphatic carbocycles. The Balaban J connectivity index is 1.84. The van der Waals surface area contributed by atoms with Crippen molar-refractivity contribution in [3.63, 3.8) is 0 Å². The van der Waals surface area contributed by atoms with Crippen molar-refractivity contribution in [2.24, 2.45) is 0 Å². The molecule has 0 heterocycles. The highest BCUT2D eigenvalue weighted by Crippen LogP contribution is 2.29. The first-order chi connectivity index (χ1) is 15.2. The molecular formula is C24H26N2O5S. The van der Waals surface area contributed by atoms with Crippen molar-refractivity contribution in [3.8, 4) is 11.5 Å². The molecule has 3 aromatic rings. The molecule has 0 saturated heterocycles. The predicted octanol–water partition coefficient (Wildman–Crippen LogP) is 4.09. The van der Waals surface area contributed by atoms with Gasteiger partial charge in [-0.1, -0.05) is 29.8 Å². The lowest BCUT2D eigenvalue weighted by atomic mass is 10.1. The third-order valence-electron chi connectivity index (χ3n) is 5.01. The zero-order valence-corrected chi connectivity index (χ0v) is 19.3. The molecule has 0 spiro atoms. The van der Waals surface area contributed by atoms with E-state index in [0.29, 0.717) is 17.1 Å². The second-order valence-electron chi connectivity index (χ2n) is 7.29. The standard InChI is InChI=1S/C24H26N2O5S/c1-17-5-9-19(10-6-17)24(27)25-22-15-21(13-14-23(22)31-4)32(28,29)26(2)16-18-7-11-20(30-3)12-8-18/h5-15H,16H2,1-4H3,(H,25,27). The largest absolute Gasteiger partial charge is 0.497 e. The van der Waals surface area contributed by atoms with E-state index in [1.807, 2.05) is 31.2 Å². The van der Waals surface area contributed by atoms with Gasteiger partial charge >= 0.3 is 0 Å². The topological polar surface area (TPSA) is 84.9 Å². The van der Waals surface area contributed by atoms with Crippen molar-refractivity contribution < 1.29 is 22.7 Å². The number of ether oxygens (including phenoxy) is 2. The van der Waals surface area contributed by atoms with Crippen molar-refractivity contribution in [1.82, 2.24) is 4.31 Å². The molecule has 1 N–H and O–H groups in total. The summed E-state index contributed by atoms with van der Waals surface area (Å²) in [6.45, 7) is 2.12. The number of hydrogen-bond donors (Lipinski definition) is 1. The number of rotatable bonds is 8. The van der Waals surface area contributed by atoms with Crippen LogP contribution in [0.5, 0.6) is 11.5 Å². The SMILES string of the molecule is COc1ccc(CN(C)S(=O)(=O)c2ccc(OC)c(NC(=O)c3ccc(C)cc3)c2)cc1. The fourth-order valence-electron chi connectivity index (χ4n) is 3.10. The van der Waals surface area contributed by atoms with Crippen LogP contribution in [0.25, 0.3) is 0 Å². The van der Waals surface area contributed by atoms with E-state index in [0.717, 1.165) is 11.1 Å². The van der Waals surface area contributed by atoms with Crippen LogP contribution in [0.2, 0.25) is 0 Å². The fourth-order valence-corrected chi connectivity index (χ4v) is 4.28. The smallest absolute Gasteiger partial charge is 0.255 e. The van der Waals surface area contributed by atoms with E-state index in [4.69, 9.17) is 9.47 Å². The first kappa shape index (κ1) is 23.3. The van der Waals surface area contributed by atoms with Gasteiger partial charge in [-0.15, -0.1) is 0 Å². The zero-order chi connectivity index (χ0) is 23.3. The molecule has 32 heavy (non-hydrogen) atoms. The van der Waals surface area contributed by atoms with Crippen LogP contribution in [0.15, 0.2) is 71.6 Å². The maximum absolute atomic E-state index is 13.2. The quantitative estimate of drug-likeness (QED) is 0.554. The van der Waals surface area contributed by atoms with Gasteiger partial charge in [0.2, 0.25) is 10.0 Å². The Morgan fingerprint density at radius 1 is 0.938 bits per heavy atom. The molecule has 3 aromatic carbocycles. The summed E-state index contributed by atoms with van der Waals surface area (Å²) in [5.41, 5.74) is 2.59. The number of nitrogens with zero attached hydrogens (tertiary/aromatic N) is 1. The van der Waals surface area contributed by atoms with Crippen molar-refractivity contribution in [1.29, 1.82) is 0 Å².